The van der Waals surface area contributed by atoms with Crippen LogP contribution in [0.25, 0.3) is 0 Å². The molecule has 22 heteroatoms. The minimum Gasteiger partial charge on any atom is -0.544 e. The van der Waals surface area contributed by atoms with Crippen molar-refractivity contribution in [1.29, 1.82) is 0 Å². The van der Waals surface area contributed by atoms with Crippen molar-refractivity contribution in [2.45, 2.75) is 156 Å². The number of aliphatic hydroxyl groups is 11. The van der Waals surface area contributed by atoms with Gasteiger partial charge in [0.2, 0.25) is 11.7 Å². The minimum absolute atomic E-state index is 0.613. The summed E-state index contributed by atoms with van der Waals surface area (Å²) >= 11 is 0. The Bertz CT molecular complexity index is 1220. The van der Waals surface area contributed by atoms with Gasteiger partial charge in [-0.3, -0.25) is 4.79 Å². The van der Waals surface area contributed by atoms with Crippen LogP contribution in [0.4, 0.5) is 0 Å². The van der Waals surface area contributed by atoms with Crippen LogP contribution in [0, 0.1) is 5.92 Å². The lowest BCUT2D eigenvalue weighted by Gasteiger charge is -2.52. The van der Waals surface area contributed by atoms with Gasteiger partial charge in [0.1, 0.15) is 79.2 Å². The topological polar surface area (TPSA) is 356 Å². The number of hydrogen-bond acceptors (Lipinski definition) is 21. The zero-order valence-corrected chi connectivity index (χ0v) is 29.4. The molecule has 4 heterocycles. The second-order valence-corrected chi connectivity index (χ2v) is 14.0. The molecule has 21 atom stereocenters. The lowest BCUT2D eigenvalue weighted by molar-refractivity contribution is -0.413. The lowest BCUT2D eigenvalue weighted by atomic mass is 9.84. The maximum Gasteiger partial charge on any atom is 0.217 e. The van der Waals surface area contributed by atoms with Gasteiger partial charge in [-0.05, 0) is 13.8 Å². The first-order valence-electron chi connectivity index (χ1n) is 17.2. The minimum atomic E-state index is -3.03. The molecule has 4 aliphatic rings. The normalized spacial score (nSPS) is 47.8. The zero-order chi connectivity index (χ0) is 39.7. The van der Waals surface area contributed by atoms with Gasteiger partial charge in [0.05, 0.1) is 50.3 Å². The molecule has 4 rings (SSSR count). The average Bonchev–Trinajstić information content (AvgIpc) is 3.11. The number of amides is 1. The van der Waals surface area contributed by atoms with E-state index < -0.39 is 166 Å². The monoisotopic (exact) mass is 774 g/mol. The third kappa shape index (κ3) is 9.11. The van der Waals surface area contributed by atoms with Gasteiger partial charge in [-0.2, -0.15) is 0 Å². The van der Waals surface area contributed by atoms with E-state index in [0.29, 0.717) is 0 Å². The van der Waals surface area contributed by atoms with Gasteiger partial charge < -0.3 is 105 Å². The van der Waals surface area contributed by atoms with Gasteiger partial charge in [-0.15, -0.1) is 0 Å². The molecule has 0 spiro atoms. The first-order valence-corrected chi connectivity index (χ1v) is 17.2. The van der Waals surface area contributed by atoms with E-state index in [9.17, 15) is 70.9 Å². The van der Waals surface area contributed by atoms with E-state index in [2.05, 4.69) is 5.32 Å². The van der Waals surface area contributed by atoms with Crippen molar-refractivity contribution in [3.8, 4) is 0 Å². The quantitative estimate of drug-likeness (QED) is 0.0826. The summed E-state index contributed by atoms with van der Waals surface area (Å²) < 4.78 is 40.5. The van der Waals surface area contributed by atoms with Gasteiger partial charge in [0, 0.05) is 19.3 Å². The lowest BCUT2D eigenvalue weighted by Crippen LogP contribution is -2.70. The van der Waals surface area contributed by atoms with Crippen LogP contribution in [0.1, 0.15) is 34.1 Å². The Morgan fingerprint density at radius 3 is 1.96 bits per heavy atom. The van der Waals surface area contributed by atoms with E-state index >= 15 is 0 Å². The van der Waals surface area contributed by atoms with Crippen molar-refractivity contribution in [3.63, 3.8) is 0 Å². The number of aliphatic carboxylic acids is 1. The molecule has 19 unspecified atom stereocenters. The molecule has 0 saturated carbocycles. The third-order valence-corrected chi connectivity index (χ3v) is 10.2. The van der Waals surface area contributed by atoms with Gasteiger partial charge in [-0.1, -0.05) is 6.92 Å². The summed E-state index contributed by atoms with van der Waals surface area (Å²) in [4.78, 5) is 25.0. The van der Waals surface area contributed by atoms with Gasteiger partial charge >= 0.3 is 0 Å². The fraction of sp³-hybridized carbons (Fsp3) is 0.935. The Hall–Kier alpha value is -1.78. The summed E-state index contributed by atoms with van der Waals surface area (Å²) in [6.07, 6.45) is -31.2. The molecule has 0 aromatic carbocycles. The number of ether oxygens (including phenoxy) is 7. The van der Waals surface area contributed by atoms with Crippen molar-refractivity contribution >= 4 is 11.9 Å². The van der Waals surface area contributed by atoms with Gasteiger partial charge in [-0.25, -0.2) is 0 Å². The molecule has 0 aromatic rings. The smallest absolute Gasteiger partial charge is 0.217 e. The van der Waals surface area contributed by atoms with Crippen LogP contribution in [0.3, 0.4) is 0 Å². The maximum absolute atomic E-state index is 12.6. The van der Waals surface area contributed by atoms with Crippen LogP contribution in [-0.4, -0.2) is 210 Å². The molecule has 308 valence electrons. The highest BCUT2D eigenvalue weighted by atomic mass is 16.8. The maximum atomic E-state index is 12.6. The van der Waals surface area contributed by atoms with Crippen molar-refractivity contribution in [3.05, 3.63) is 0 Å². The number of carbonyl (C=O) groups is 2. The standard InChI is InChI=1S/C31H53NO21/c1-9-13(37)5-31(30(45)46,52-24(9)19(40)14(38)6-33)53-27-20(41)15(7-34)49-29(23(27)44)51-26-17(32-12(4)36)10(2)47-16(8-35)25(26)50-28-22(43)21(42)18(39)11(3)48-28/h9-11,13-29,33-35,37-44H,5-8H2,1-4H3,(H,32,36)(H,45,46)/p-1/t9?,10?,11?,13?,14-,15?,16?,17?,18?,19-,20?,21?,22?,23?,24?,25?,26?,27?,28?,29?,31?/m0/s1. The van der Waals surface area contributed by atoms with Crippen molar-refractivity contribution in [2.75, 3.05) is 19.8 Å². The van der Waals surface area contributed by atoms with Crippen molar-refractivity contribution in [2.24, 2.45) is 5.92 Å². The van der Waals surface area contributed by atoms with Crippen molar-refractivity contribution < 1.29 is 104 Å². The Morgan fingerprint density at radius 2 is 1.40 bits per heavy atom. The Labute approximate surface area is 303 Å². The Balaban J connectivity index is 1.70. The number of nitrogens with one attached hydrogen (secondary N) is 1. The first kappa shape index (κ1) is 43.9. The molecule has 4 fully saturated rings. The van der Waals surface area contributed by atoms with Crippen LogP contribution < -0.4 is 10.4 Å². The molecule has 0 radical (unpaired) electrons. The predicted octanol–water partition coefficient (Wildman–Crippen LogP) is -8.36. The van der Waals surface area contributed by atoms with E-state index in [1.54, 1.807) is 0 Å². The fourth-order valence-electron chi connectivity index (χ4n) is 7.01. The van der Waals surface area contributed by atoms with Crippen LogP contribution in [0.2, 0.25) is 0 Å². The Morgan fingerprint density at radius 1 is 0.792 bits per heavy atom. The molecule has 0 bridgehead atoms. The largest absolute Gasteiger partial charge is 0.544 e. The highest BCUT2D eigenvalue weighted by Crippen LogP contribution is 2.40. The third-order valence-electron chi connectivity index (χ3n) is 10.2. The predicted molar refractivity (Wildman–Crippen MR) is 165 cm³/mol. The van der Waals surface area contributed by atoms with Crippen LogP contribution in [0.15, 0.2) is 0 Å². The number of carboxylic acids is 1. The van der Waals surface area contributed by atoms with E-state index in [1.807, 2.05) is 0 Å². The van der Waals surface area contributed by atoms with Crippen LogP contribution in [-0.2, 0) is 42.7 Å². The molecule has 4 saturated heterocycles. The summed E-state index contributed by atoms with van der Waals surface area (Å²) in [5.74, 6) is -6.83. The SMILES string of the molecule is CC(=O)NC1C(C)OC(CO)C(OC2OC(C)C(O)C(O)C2O)C1OC1OC(CO)C(O)C(OC2(C(=O)[O-])CC(O)C(C)C([C@@H](O)[C@@H](O)CO)O2)C1O. The molecule has 1 amide bonds. The number of hydrogen-bond donors (Lipinski definition) is 12. The van der Waals surface area contributed by atoms with Crippen LogP contribution >= 0.6 is 0 Å². The number of carboxylic acid groups (broad SMARTS) is 1. The molecule has 12 N–H and O–H groups in total. The van der Waals surface area contributed by atoms with E-state index in [-0.39, 0.29) is 0 Å². The van der Waals surface area contributed by atoms with E-state index in [0.717, 1.165) is 6.92 Å². The molecule has 0 aromatic heterocycles. The second kappa shape index (κ2) is 18.0. The van der Waals surface area contributed by atoms with Crippen molar-refractivity contribution in [1.82, 2.24) is 5.32 Å². The molecular weight excluding hydrogens is 722 g/mol. The zero-order valence-electron chi connectivity index (χ0n) is 29.4. The first-order chi connectivity index (χ1) is 24.8. The summed E-state index contributed by atoms with van der Waals surface area (Å²) in [6.45, 7) is 2.67. The summed E-state index contributed by atoms with van der Waals surface area (Å²) in [7, 11) is 0. The van der Waals surface area contributed by atoms with Crippen LogP contribution in [0.5, 0.6) is 0 Å². The molecule has 22 nitrogen and oxygen atoms in total. The van der Waals surface area contributed by atoms with Gasteiger partial charge in [0.25, 0.3) is 0 Å². The molecule has 0 aliphatic carbocycles. The summed E-state index contributed by atoms with van der Waals surface area (Å²) in [5, 5.41) is 130. The molecule has 53 heavy (non-hydrogen) atoms. The molecule has 4 aliphatic heterocycles. The van der Waals surface area contributed by atoms with E-state index in [4.69, 9.17) is 33.2 Å². The summed E-state index contributed by atoms with van der Waals surface area (Å²) in [6, 6.07) is -1.20. The fourth-order valence-corrected chi connectivity index (χ4v) is 7.01. The second-order valence-electron chi connectivity index (χ2n) is 14.0. The van der Waals surface area contributed by atoms with Gasteiger partial charge in [0.15, 0.2) is 12.6 Å². The highest BCUT2D eigenvalue weighted by Gasteiger charge is 2.57. The molecular formula is C31H52NO21-. The average molecular weight is 775 g/mol. The highest BCUT2D eigenvalue weighted by molar-refractivity contribution is 5.74. The summed E-state index contributed by atoms with van der Waals surface area (Å²) in [5.41, 5.74) is 0. The number of carbonyl (C=O) groups excluding carboxylic acids is 2. The van der Waals surface area contributed by atoms with E-state index in [1.165, 1.54) is 20.8 Å². The number of aliphatic hydroxyl groups excluding tert-OH is 11. The Kier molecular flexibility index (Phi) is 14.9. The number of rotatable bonds is 13.